The Bertz CT molecular complexity index is 1040. The van der Waals surface area contributed by atoms with E-state index in [1.165, 1.54) is 0 Å². The molecule has 0 saturated carbocycles. The fourth-order valence-corrected chi connectivity index (χ4v) is 3.63. The lowest BCUT2D eigenvalue weighted by atomic mass is 10.0. The normalized spacial score (nSPS) is 10.7. The summed E-state index contributed by atoms with van der Waals surface area (Å²) >= 11 is 7.61. The van der Waals surface area contributed by atoms with Crippen LogP contribution >= 0.6 is 22.9 Å². The zero-order valence-electron chi connectivity index (χ0n) is 14.9. The van der Waals surface area contributed by atoms with Gasteiger partial charge < -0.3 is 4.74 Å². The molecule has 4 aromatic rings. The van der Waals surface area contributed by atoms with Crippen LogP contribution in [0, 0.1) is 6.92 Å². The number of thiazole rings is 1. The van der Waals surface area contributed by atoms with Crippen LogP contribution in [0.5, 0.6) is 5.75 Å². The fraction of sp³-hybridized carbons (Fsp3) is 0.0870. The van der Waals surface area contributed by atoms with Crippen LogP contribution in [0.4, 0.5) is 0 Å². The molecule has 27 heavy (non-hydrogen) atoms. The van der Waals surface area contributed by atoms with Crippen molar-refractivity contribution in [3.05, 3.63) is 93.8 Å². The first-order valence-corrected chi connectivity index (χ1v) is 9.94. The maximum atomic E-state index is 6.10. The van der Waals surface area contributed by atoms with Crippen molar-refractivity contribution in [2.24, 2.45) is 0 Å². The maximum absolute atomic E-state index is 6.10. The van der Waals surface area contributed by atoms with Crippen molar-refractivity contribution in [3.63, 3.8) is 0 Å². The van der Waals surface area contributed by atoms with Gasteiger partial charge >= 0.3 is 0 Å². The van der Waals surface area contributed by atoms with Gasteiger partial charge in [0.2, 0.25) is 0 Å². The second-order valence-corrected chi connectivity index (χ2v) is 7.74. The number of aromatic nitrogens is 1. The first kappa shape index (κ1) is 17.8. The monoisotopic (exact) mass is 391 g/mol. The van der Waals surface area contributed by atoms with Crippen LogP contribution in [0.1, 0.15) is 10.6 Å². The van der Waals surface area contributed by atoms with E-state index in [0.717, 1.165) is 43.7 Å². The predicted molar refractivity (Wildman–Crippen MR) is 114 cm³/mol. The van der Waals surface area contributed by atoms with Gasteiger partial charge in [-0.15, -0.1) is 11.3 Å². The minimum absolute atomic E-state index is 0.515. The van der Waals surface area contributed by atoms with Gasteiger partial charge in [-0.1, -0.05) is 60.1 Å². The zero-order valence-corrected chi connectivity index (χ0v) is 16.4. The van der Waals surface area contributed by atoms with Crippen molar-refractivity contribution in [1.29, 1.82) is 0 Å². The summed E-state index contributed by atoms with van der Waals surface area (Å²) in [6.07, 6.45) is 0. The lowest BCUT2D eigenvalue weighted by Gasteiger charge is -2.11. The third kappa shape index (κ3) is 4.21. The van der Waals surface area contributed by atoms with E-state index in [4.69, 9.17) is 16.3 Å². The SMILES string of the molecule is Cc1nc(-c2ccccc2OCc2ccc(-c3ccc(Cl)cc3)cc2)cs1. The van der Waals surface area contributed by atoms with Gasteiger partial charge in [-0.25, -0.2) is 4.98 Å². The number of aryl methyl sites for hydroxylation is 1. The molecule has 1 aromatic heterocycles. The summed E-state index contributed by atoms with van der Waals surface area (Å²) < 4.78 is 6.10. The quantitative estimate of drug-likeness (QED) is 0.364. The Hall–Kier alpha value is -2.62. The van der Waals surface area contributed by atoms with E-state index < -0.39 is 0 Å². The summed E-state index contributed by atoms with van der Waals surface area (Å²) in [7, 11) is 0. The second kappa shape index (κ2) is 7.95. The summed E-state index contributed by atoms with van der Waals surface area (Å²) in [6, 6.07) is 24.3. The predicted octanol–water partition coefficient (Wildman–Crippen LogP) is 7.02. The summed E-state index contributed by atoms with van der Waals surface area (Å²) in [4.78, 5) is 4.58. The number of nitrogens with zero attached hydrogens (tertiary/aromatic N) is 1. The molecular formula is C23H18ClNOS. The lowest BCUT2D eigenvalue weighted by molar-refractivity contribution is 0.307. The molecule has 2 nitrogen and oxygen atoms in total. The van der Waals surface area contributed by atoms with Crippen LogP contribution in [0.2, 0.25) is 5.02 Å². The van der Waals surface area contributed by atoms with E-state index >= 15 is 0 Å². The molecule has 4 rings (SSSR count). The minimum atomic E-state index is 0.515. The largest absolute Gasteiger partial charge is 0.488 e. The summed E-state index contributed by atoms with van der Waals surface area (Å²) in [6.45, 7) is 2.53. The highest BCUT2D eigenvalue weighted by molar-refractivity contribution is 7.09. The Morgan fingerprint density at radius 1 is 0.889 bits per heavy atom. The summed E-state index contributed by atoms with van der Waals surface area (Å²) in [5.41, 5.74) is 5.42. The molecule has 3 aromatic carbocycles. The van der Waals surface area contributed by atoms with E-state index in [1.54, 1.807) is 11.3 Å². The highest BCUT2D eigenvalue weighted by atomic mass is 35.5. The van der Waals surface area contributed by atoms with Crippen molar-refractivity contribution >= 4 is 22.9 Å². The zero-order chi connectivity index (χ0) is 18.6. The molecule has 0 aliphatic heterocycles. The van der Waals surface area contributed by atoms with E-state index in [2.05, 4.69) is 34.6 Å². The van der Waals surface area contributed by atoms with Crippen molar-refractivity contribution in [3.8, 4) is 28.1 Å². The fourth-order valence-electron chi connectivity index (χ4n) is 2.89. The number of hydrogen-bond donors (Lipinski definition) is 0. The molecule has 0 aliphatic rings. The first-order chi connectivity index (χ1) is 13.2. The Labute approximate surface area is 168 Å². The van der Waals surface area contributed by atoms with Gasteiger partial charge in [0, 0.05) is 16.0 Å². The van der Waals surface area contributed by atoms with Gasteiger partial charge in [-0.2, -0.15) is 0 Å². The maximum Gasteiger partial charge on any atom is 0.129 e. The third-order valence-electron chi connectivity index (χ3n) is 4.31. The molecule has 0 spiro atoms. The van der Waals surface area contributed by atoms with Crippen molar-refractivity contribution in [2.75, 3.05) is 0 Å². The number of benzene rings is 3. The third-order valence-corrected chi connectivity index (χ3v) is 5.33. The average Bonchev–Trinajstić information content (AvgIpc) is 3.14. The lowest BCUT2D eigenvalue weighted by Crippen LogP contribution is -1.97. The molecule has 0 atom stereocenters. The summed E-state index contributed by atoms with van der Waals surface area (Å²) in [5, 5.41) is 3.87. The topological polar surface area (TPSA) is 22.1 Å². The Morgan fingerprint density at radius 3 is 2.22 bits per heavy atom. The van der Waals surface area contributed by atoms with Crippen LogP contribution in [-0.4, -0.2) is 4.98 Å². The van der Waals surface area contributed by atoms with E-state index in [1.807, 2.05) is 55.5 Å². The number of ether oxygens (including phenoxy) is 1. The average molecular weight is 392 g/mol. The molecule has 134 valence electrons. The van der Waals surface area contributed by atoms with E-state index in [-0.39, 0.29) is 0 Å². The number of hydrogen-bond acceptors (Lipinski definition) is 3. The van der Waals surface area contributed by atoms with Crippen LogP contribution in [0.3, 0.4) is 0 Å². The van der Waals surface area contributed by atoms with Crippen LogP contribution in [-0.2, 0) is 6.61 Å². The first-order valence-electron chi connectivity index (χ1n) is 8.68. The van der Waals surface area contributed by atoms with Gasteiger partial charge in [0.15, 0.2) is 0 Å². The molecule has 0 saturated heterocycles. The van der Waals surface area contributed by atoms with Crippen LogP contribution in [0.25, 0.3) is 22.4 Å². The van der Waals surface area contributed by atoms with E-state index in [9.17, 15) is 0 Å². The van der Waals surface area contributed by atoms with Gasteiger partial charge in [0.05, 0.1) is 10.7 Å². The Kier molecular flexibility index (Phi) is 5.23. The molecule has 4 heteroatoms. The standard InChI is InChI=1S/C23H18ClNOS/c1-16-25-22(15-27-16)21-4-2-3-5-23(21)26-14-17-6-8-18(9-7-17)19-10-12-20(24)13-11-19/h2-13,15H,14H2,1H3. The van der Waals surface area contributed by atoms with Gasteiger partial charge in [-0.05, 0) is 47.9 Å². The van der Waals surface area contributed by atoms with Gasteiger partial charge in [0.25, 0.3) is 0 Å². The van der Waals surface area contributed by atoms with Crippen molar-refractivity contribution < 1.29 is 4.74 Å². The van der Waals surface area contributed by atoms with Crippen LogP contribution in [0.15, 0.2) is 78.2 Å². The number of para-hydroxylation sites is 1. The molecule has 0 bridgehead atoms. The van der Waals surface area contributed by atoms with Crippen molar-refractivity contribution in [1.82, 2.24) is 4.98 Å². The number of halogens is 1. The Balaban J connectivity index is 1.49. The minimum Gasteiger partial charge on any atom is -0.488 e. The molecule has 0 fully saturated rings. The molecule has 0 aliphatic carbocycles. The Morgan fingerprint density at radius 2 is 1.56 bits per heavy atom. The highest BCUT2D eigenvalue weighted by Crippen LogP contribution is 2.31. The molecule has 0 amide bonds. The highest BCUT2D eigenvalue weighted by Gasteiger charge is 2.09. The smallest absolute Gasteiger partial charge is 0.129 e. The summed E-state index contributed by atoms with van der Waals surface area (Å²) in [5.74, 6) is 0.851. The number of rotatable bonds is 5. The molecule has 0 unspecified atom stereocenters. The second-order valence-electron chi connectivity index (χ2n) is 6.24. The van der Waals surface area contributed by atoms with Gasteiger partial charge in [0.1, 0.15) is 12.4 Å². The van der Waals surface area contributed by atoms with Crippen molar-refractivity contribution in [2.45, 2.75) is 13.5 Å². The van der Waals surface area contributed by atoms with Gasteiger partial charge in [-0.3, -0.25) is 0 Å². The molecular weight excluding hydrogens is 374 g/mol. The molecule has 1 heterocycles. The molecule has 0 radical (unpaired) electrons. The molecule has 0 N–H and O–H groups in total. The van der Waals surface area contributed by atoms with Crippen LogP contribution < -0.4 is 4.74 Å². The van der Waals surface area contributed by atoms with E-state index in [0.29, 0.717) is 6.61 Å².